The number of benzene rings is 2. The van der Waals surface area contributed by atoms with Gasteiger partial charge in [0.05, 0.1) is 5.54 Å². The fourth-order valence-electron chi connectivity index (χ4n) is 4.26. The van der Waals surface area contributed by atoms with E-state index in [1.807, 2.05) is 18.2 Å². The minimum atomic E-state index is -0.285. The molecular weight excluding hydrogens is 384 g/mol. The molecule has 5 rings (SSSR count). The maximum Gasteiger partial charge on any atom is 0.181 e. The first-order chi connectivity index (χ1) is 15.3. The highest BCUT2D eigenvalue weighted by molar-refractivity contribution is 5.54. The van der Waals surface area contributed by atoms with Crippen LogP contribution in [0.15, 0.2) is 85.2 Å². The third-order valence-electron chi connectivity index (χ3n) is 5.99. The van der Waals surface area contributed by atoms with Crippen molar-refractivity contribution >= 4 is 5.69 Å². The second-order valence-corrected chi connectivity index (χ2v) is 8.08. The molecule has 31 heavy (non-hydrogen) atoms. The Morgan fingerprint density at radius 3 is 2.26 bits per heavy atom. The van der Waals surface area contributed by atoms with Crippen LogP contribution in [0.1, 0.15) is 24.2 Å². The van der Waals surface area contributed by atoms with E-state index in [4.69, 9.17) is 4.98 Å². The van der Waals surface area contributed by atoms with Crippen LogP contribution in [-0.4, -0.2) is 38.2 Å². The van der Waals surface area contributed by atoms with E-state index in [1.54, 1.807) is 12.4 Å². The molecule has 4 aromatic rings. The summed E-state index contributed by atoms with van der Waals surface area (Å²) in [6.45, 7) is 2.95. The number of piperidine rings is 1. The van der Waals surface area contributed by atoms with E-state index in [1.165, 1.54) is 5.56 Å². The number of likely N-dealkylation sites (tertiary alicyclic amines) is 1. The monoisotopic (exact) mass is 410 g/mol. The lowest BCUT2D eigenvalue weighted by Gasteiger charge is -2.41. The minimum Gasteiger partial charge on any atom is -0.373 e. The molecule has 1 aliphatic rings. The van der Waals surface area contributed by atoms with Crippen LogP contribution < -0.4 is 5.32 Å². The Kier molecular flexibility index (Phi) is 5.46. The number of aromatic nitrogens is 4. The van der Waals surface area contributed by atoms with Crippen molar-refractivity contribution in [2.75, 3.05) is 18.4 Å². The predicted octanol–water partition coefficient (Wildman–Crippen LogP) is 4.47. The molecule has 0 unspecified atom stereocenters. The van der Waals surface area contributed by atoms with E-state index in [0.717, 1.165) is 49.6 Å². The van der Waals surface area contributed by atoms with Crippen LogP contribution in [-0.2, 0) is 12.1 Å². The second-order valence-electron chi connectivity index (χ2n) is 8.08. The summed E-state index contributed by atoms with van der Waals surface area (Å²) in [5, 5.41) is 11.5. The maximum absolute atomic E-state index is 4.91. The van der Waals surface area contributed by atoms with Gasteiger partial charge in [-0.05, 0) is 42.7 Å². The summed E-state index contributed by atoms with van der Waals surface area (Å²) >= 11 is 0. The highest BCUT2D eigenvalue weighted by Gasteiger charge is 2.39. The molecule has 6 heteroatoms. The number of H-pyrrole nitrogens is 1. The lowest BCUT2D eigenvalue weighted by atomic mass is 9.86. The van der Waals surface area contributed by atoms with Gasteiger partial charge < -0.3 is 5.32 Å². The molecule has 6 nitrogen and oxygen atoms in total. The van der Waals surface area contributed by atoms with Gasteiger partial charge in [0, 0.05) is 43.3 Å². The molecule has 0 spiro atoms. The van der Waals surface area contributed by atoms with E-state index in [9.17, 15) is 0 Å². The lowest BCUT2D eigenvalue weighted by molar-refractivity contribution is 0.162. The molecule has 0 radical (unpaired) electrons. The average molecular weight is 411 g/mol. The topological polar surface area (TPSA) is 69.7 Å². The van der Waals surface area contributed by atoms with Crippen molar-refractivity contribution in [2.24, 2.45) is 0 Å². The van der Waals surface area contributed by atoms with E-state index in [-0.39, 0.29) is 5.54 Å². The van der Waals surface area contributed by atoms with Crippen LogP contribution >= 0.6 is 0 Å². The molecule has 0 aliphatic carbocycles. The third-order valence-corrected chi connectivity index (χ3v) is 5.99. The average Bonchev–Trinajstić information content (AvgIpc) is 3.34. The van der Waals surface area contributed by atoms with Crippen molar-refractivity contribution in [1.29, 1.82) is 0 Å². The van der Waals surface area contributed by atoms with Gasteiger partial charge in [-0.25, -0.2) is 4.98 Å². The van der Waals surface area contributed by atoms with E-state index >= 15 is 0 Å². The minimum absolute atomic E-state index is 0.285. The molecule has 0 saturated carbocycles. The zero-order valence-electron chi connectivity index (χ0n) is 17.4. The summed E-state index contributed by atoms with van der Waals surface area (Å²) in [7, 11) is 0. The Hall–Kier alpha value is -3.51. The number of nitrogens with zero attached hydrogens (tertiary/aromatic N) is 4. The van der Waals surface area contributed by atoms with Crippen molar-refractivity contribution in [2.45, 2.75) is 24.9 Å². The van der Waals surface area contributed by atoms with Crippen molar-refractivity contribution in [3.63, 3.8) is 0 Å². The maximum atomic E-state index is 4.91. The Morgan fingerprint density at radius 1 is 0.871 bits per heavy atom. The fraction of sp³-hybridized carbons (Fsp3) is 0.240. The van der Waals surface area contributed by atoms with Crippen molar-refractivity contribution in [3.8, 4) is 11.4 Å². The van der Waals surface area contributed by atoms with Crippen molar-refractivity contribution < 1.29 is 0 Å². The Balaban J connectivity index is 1.40. The number of rotatable bonds is 6. The Labute approximate surface area is 182 Å². The highest BCUT2D eigenvalue weighted by Crippen LogP contribution is 2.36. The molecule has 1 fully saturated rings. The number of para-hydroxylation sites is 1. The van der Waals surface area contributed by atoms with Gasteiger partial charge >= 0.3 is 0 Å². The SMILES string of the molecule is c1ccc(CN2CCC(Nc3ccccc3)(c3nc(-c4ccncc4)n[nH]3)CC2)cc1. The summed E-state index contributed by atoms with van der Waals surface area (Å²) in [6.07, 6.45) is 5.43. The van der Waals surface area contributed by atoms with Crippen LogP contribution in [0.3, 0.4) is 0 Å². The van der Waals surface area contributed by atoms with E-state index in [0.29, 0.717) is 5.82 Å². The molecule has 0 amide bonds. The Bertz CT molecular complexity index is 1090. The zero-order chi connectivity index (χ0) is 20.9. The fourth-order valence-corrected chi connectivity index (χ4v) is 4.26. The van der Waals surface area contributed by atoms with Crippen LogP contribution in [0.25, 0.3) is 11.4 Å². The number of hydrogen-bond acceptors (Lipinski definition) is 5. The number of nitrogens with one attached hydrogen (secondary N) is 2. The number of anilines is 1. The number of hydrogen-bond donors (Lipinski definition) is 2. The quantitative estimate of drug-likeness (QED) is 0.491. The summed E-state index contributed by atoms with van der Waals surface area (Å²) in [4.78, 5) is 11.5. The first-order valence-electron chi connectivity index (χ1n) is 10.7. The zero-order valence-corrected chi connectivity index (χ0v) is 17.4. The molecule has 2 N–H and O–H groups in total. The largest absolute Gasteiger partial charge is 0.373 e. The molecule has 3 heterocycles. The lowest BCUT2D eigenvalue weighted by Crippen LogP contribution is -2.47. The summed E-state index contributed by atoms with van der Waals surface area (Å²) < 4.78 is 0. The molecule has 1 aliphatic heterocycles. The summed E-state index contributed by atoms with van der Waals surface area (Å²) in [6, 6.07) is 24.9. The predicted molar refractivity (Wildman–Crippen MR) is 122 cm³/mol. The first kappa shape index (κ1) is 19.5. The molecule has 2 aromatic heterocycles. The first-order valence-corrected chi connectivity index (χ1v) is 10.7. The third kappa shape index (κ3) is 4.34. The number of aromatic amines is 1. The second kappa shape index (κ2) is 8.70. The van der Waals surface area contributed by atoms with Crippen molar-refractivity contribution in [1.82, 2.24) is 25.1 Å². The molecular formula is C25H26N6. The number of pyridine rings is 1. The highest BCUT2D eigenvalue weighted by atomic mass is 15.3. The van der Waals surface area contributed by atoms with Gasteiger partial charge in [-0.2, -0.15) is 5.10 Å². The van der Waals surface area contributed by atoms with E-state index < -0.39 is 0 Å². The summed E-state index contributed by atoms with van der Waals surface area (Å²) in [5.74, 6) is 1.60. The molecule has 156 valence electrons. The van der Waals surface area contributed by atoms with Gasteiger partial charge in [0.15, 0.2) is 11.6 Å². The summed E-state index contributed by atoms with van der Waals surface area (Å²) in [5.41, 5.74) is 3.13. The smallest absolute Gasteiger partial charge is 0.181 e. The van der Waals surface area contributed by atoms with Crippen LogP contribution in [0, 0.1) is 0 Å². The van der Waals surface area contributed by atoms with Gasteiger partial charge in [-0.15, -0.1) is 0 Å². The van der Waals surface area contributed by atoms with Crippen LogP contribution in [0.5, 0.6) is 0 Å². The molecule has 2 aromatic carbocycles. The Morgan fingerprint density at radius 2 is 1.55 bits per heavy atom. The molecule has 0 bridgehead atoms. The van der Waals surface area contributed by atoms with Gasteiger partial charge in [-0.1, -0.05) is 48.5 Å². The van der Waals surface area contributed by atoms with Gasteiger partial charge in [0.2, 0.25) is 0 Å². The molecule has 1 saturated heterocycles. The van der Waals surface area contributed by atoms with Crippen LogP contribution in [0.2, 0.25) is 0 Å². The van der Waals surface area contributed by atoms with Gasteiger partial charge in [0.25, 0.3) is 0 Å². The van der Waals surface area contributed by atoms with Crippen LogP contribution in [0.4, 0.5) is 5.69 Å². The van der Waals surface area contributed by atoms with E-state index in [2.05, 4.69) is 80.0 Å². The standard InChI is InChI=1S/C25H26N6/c1-3-7-20(8-4-1)19-31-17-13-25(14-18-31,28-22-9-5-2-6-10-22)24-27-23(29-30-24)21-11-15-26-16-12-21/h1-12,15-16,28H,13-14,17-19H2,(H,27,29,30). The van der Waals surface area contributed by atoms with Gasteiger partial charge in [0.1, 0.15) is 0 Å². The normalized spacial score (nSPS) is 16.1. The van der Waals surface area contributed by atoms with Crippen molar-refractivity contribution in [3.05, 3.63) is 96.6 Å². The van der Waals surface area contributed by atoms with Gasteiger partial charge in [-0.3, -0.25) is 15.0 Å². The molecule has 0 atom stereocenters.